The number of aliphatic hydroxyl groups is 1. The zero-order valence-corrected chi connectivity index (χ0v) is 13.0. The Morgan fingerprint density at radius 1 is 1.40 bits per heavy atom. The summed E-state index contributed by atoms with van der Waals surface area (Å²) in [5.41, 5.74) is 0.539. The zero-order valence-electron chi connectivity index (χ0n) is 12.1. The molecule has 0 saturated carbocycles. The largest absolute Gasteiger partial charge is 0.496 e. The van der Waals surface area contributed by atoms with Crippen molar-refractivity contribution in [1.82, 2.24) is 5.32 Å². The van der Waals surface area contributed by atoms with Gasteiger partial charge in [0.1, 0.15) is 5.75 Å². The van der Waals surface area contributed by atoms with Gasteiger partial charge in [0.2, 0.25) is 0 Å². The monoisotopic (exact) mass is 297 g/mol. The number of nitrogens with one attached hydrogen (secondary N) is 1. The Bertz CT molecular complexity index is 433. The highest BCUT2D eigenvalue weighted by Crippen LogP contribution is 2.28. The molecule has 0 radical (unpaired) electrons. The van der Waals surface area contributed by atoms with E-state index in [-0.39, 0.29) is 0 Å². The summed E-state index contributed by atoms with van der Waals surface area (Å²) in [7, 11) is 1.69. The lowest BCUT2D eigenvalue weighted by atomic mass is 9.94. The van der Waals surface area contributed by atoms with E-state index in [4.69, 9.17) is 9.47 Å². The van der Waals surface area contributed by atoms with Crippen molar-refractivity contribution >= 4 is 11.8 Å². The van der Waals surface area contributed by atoms with Crippen LogP contribution in [0.3, 0.4) is 0 Å². The second-order valence-corrected chi connectivity index (χ2v) is 5.98. The van der Waals surface area contributed by atoms with Crippen LogP contribution in [0.15, 0.2) is 23.1 Å². The van der Waals surface area contributed by atoms with Gasteiger partial charge in [-0.2, -0.15) is 0 Å². The average Bonchev–Trinajstić information content (AvgIpc) is 2.47. The minimum absolute atomic E-state index is 0.600. The Labute approximate surface area is 124 Å². The molecule has 2 rings (SSSR count). The Morgan fingerprint density at radius 3 is 2.80 bits per heavy atom. The Hall–Kier alpha value is -0.750. The molecule has 0 atom stereocenters. The van der Waals surface area contributed by atoms with Crippen molar-refractivity contribution in [1.29, 1.82) is 0 Å². The molecule has 0 unspecified atom stereocenters. The summed E-state index contributed by atoms with van der Waals surface area (Å²) in [6.07, 6.45) is 3.44. The number of hydrogen-bond donors (Lipinski definition) is 2. The van der Waals surface area contributed by atoms with Gasteiger partial charge in [0.25, 0.3) is 0 Å². The molecular formula is C15H23NO3S. The van der Waals surface area contributed by atoms with E-state index in [2.05, 4.69) is 17.4 Å². The molecule has 1 saturated heterocycles. The van der Waals surface area contributed by atoms with Gasteiger partial charge in [-0.1, -0.05) is 6.07 Å². The van der Waals surface area contributed by atoms with E-state index < -0.39 is 5.60 Å². The lowest BCUT2D eigenvalue weighted by molar-refractivity contribution is -0.0617. The second-order valence-electron chi connectivity index (χ2n) is 5.13. The van der Waals surface area contributed by atoms with Gasteiger partial charge in [-0.25, -0.2) is 0 Å². The van der Waals surface area contributed by atoms with Crippen molar-refractivity contribution in [2.75, 3.05) is 33.1 Å². The van der Waals surface area contributed by atoms with E-state index in [1.54, 1.807) is 18.9 Å². The third-order valence-corrected chi connectivity index (χ3v) is 4.43. The molecule has 1 fully saturated rings. The van der Waals surface area contributed by atoms with Gasteiger partial charge in [-0.3, -0.25) is 0 Å². The van der Waals surface area contributed by atoms with Crippen molar-refractivity contribution in [3.63, 3.8) is 0 Å². The van der Waals surface area contributed by atoms with E-state index in [0.29, 0.717) is 32.6 Å². The lowest BCUT2D eigenvalue weighted by Gasteiger charge is -2.32. The van der Waals surface area contributed by atoms with Crippen LogP contribution >= 0.6 is 11.8 Å². The fourth-order valence-corrected chi connectivity index (χ4v) is 2.91. The minimum atomic E-state index is -0.623. The van der Waals surface area contributed by atoms with Gasteiger partial charge in [-0.15, -0.1) is 11.8 Å². The summed E-state index contributed by atoms with van der Waals surface area (Å²) in [6.45, 7) is 2.62. The van der Waals surface area contributed by atoms with Crippen molar-refractivity contribution in [2.45, 2.75) is 29.9 Å². The van der Waals surface area contributed by atoms with Gasteiger partial charge in [-0.05, 0) is 24.0 Å². The van der Waals surface area contributed by atoms with Gasteiger partial charge in [0, 0.05) is 44.0 Å². The summed E-state index contributed by atoms with van der Waals surface area (Å²) in [5, 5.41) is 13.7. The first-order valence-electron chi connectivity index (χ1n) is 6.89. The first kappa shape index (κ1) is 15.6. The van der Waals surface area contributed by atoms with Crippen LogP contribution in [0.5, 0.6) is 5.75 Å². The molecular weight excluding hydrogens is 274 g/mol. The minimum Gasteiger partial charge on any atom is -0.496 e. The molecule has 1 aliphatic rings. The van der Waals surface area contributed by atoms with Gasteiger partial charge in [0.05, 0.1) is 12.7 Å². The van der Waals surface area contributed by atoms with Gasteiger partial charge < -0.3 is 19.9 Å². The molecule has 0 aliphatic carbocycles. The predicted octanol–water partition coefficient (Wildman–Crippen LogP) is 2.05. The predicted molar refractivity (Wildman–Crippen MR) is 81.5 cm³/mol. The maximum atomic E-state index is 10.4. The van der Waals surface area contributed by atoms with E-state index in [9.17, 15) is 5.11 Å². The molecule has 1 aromatic carbocycles. The average molecular weight is 297 g/mol. The fraction of sp³-hybridized carbons (Fsp3) is 0.600. The first-order valence-corrected chi connectivity index (χ1v) is 8.11. The smallest absolute Gasteiger partial charge is 0.132 e. The Morgan fingerprint density at radius 2 is 2.15 bits per heavy atom. The van der Waals surface area contributed by atoms with Crippen molar-refractivity contribution in [3.05, 3.63) is 23.8 Å². The van der Waals surface area contributed by atoms with E-state index in [1.165, 1.54) is 0 Å². The molecule has 0 spiro atoms. The Kier molecular flexibility index (Phi) is 5.72. The molecule has 1 aliphatic heterocycles. The molecule has 0 aromatic heterocycles. The highest BCUT2D eigenvalue weighted by atomic mass is 32.2. The summed E-state index contributed by atoms with van der Waals surface area (Å²) < 4.78 is 10.7. The number of hydrogen-bond acceptors (Lipinski definition) is 5. The number of methoxy groups -OCH3 is 1. The molecule has 20 heavy (non-hydrogen) atoms. The third-order valence-electron chi connectivity index (χ3n) is 3.65. The summed E-state index contributed by atoms with van der Waals surface area (Å²) in [5.74, 6) is 0.904. The van der Waals surface area contributed by atoms with Crippen molar-refractivity contribution in [2.24, 2.45) is 0 Å². The van der Waals surface area contributed by atoms with Gasteiger partial charge >= 0.3 is 0 Å². The molecule has 1 heterocycles. The second kappa shape index (κ2) is 7.31. The first-order chi connectivity index (χ1) is 9.67. The van der Waals surface area contributed by atoms with Crippen LogP contribution < -0.4 is 10.1 Å². The summed E-state index contributed by atoms with van der Waals surface area (Å²) in [6, 6.07) is 6.21. The topological polar surface area (TPSA) is 50.7 Å². The molecule has 2 N–H and O–H groups in total. The van der Waals surface area contributed by atoms with Crippen molar-refractivity contribution < 1.29 is 14.6 Å². The van der Waals surface area contributed by atoms with Crippen LogP contribution in [-0.4, -0.2) is 43.8 Å². The molecule has 4 nitrogen and oxygen atoms in total. The summed E-state index contributed by atoms with van der Waals surface area (Å²) >= 11 is 1.68. The zero-order chi connectivity index (χ0) is 14.4. The van der Waals surface area contributed by atoms with E-state index in [0.717, 1.165) is 22.8 Å². The fourth-order valence-electron chi connectivity index (χ4n) is 2.36. The standard InChI is InChI=1S/C15H23NO3S/c1-18-13-9-12(3-4-14(13)20-2)10-16-11-15(17)5-7-19-8-6-15/h3-4,9,16-17H,5-8,10-11H2,1-2H3. The number of rotatable bonds is 6. The maximum Gasteiger partial charge on any atom is 0.132 e. The van der Waals surface area contributed by atoms with Crippen molar-refractivity contribution in [3.8, 4) is 5.75 Å². The number of thioether (sulfide) groups is 1. The quantitative estimate of drug-likeness (QED) is 0.787. The van der Waals surface area contributed by atoms with E-state index >= 15 is 0 Å². The molecule has 112 valence electrons. The SMILES string of the molecule is COc1cc(CNCC2(O)CCOCC2)ccc1SC. The van der Waals surface area contributed by atoms with Crippen LogP contribution in [0.1, 0.15) is 18.4 Å². The summed E-state index contributed by atoms with van der Waals surface area (Å²) in [4.78, 5) is 1.14. The maximum absolute atomic E-state index is 10.4. The van der Waals surface area contributed by atoms with Gasteiger partial charge in [0.15, 0.2) is 0 Å². The molecule has 1 aromatic rings. The van der Waals surface area contributed by atoms with E-state index in [1.807, 2.05) is 12.3 Å². The highest BCUT2D eigenvalue weighted by Gasteiger charge is 2.29. The normalized spacial score (nSPS) is 17.9. The Balaban J connectivity index is 1.87. The van der Waals surface area contributed by atoms with Crippen LogP contribution in [0.25, 0.3) is 0 Å². The number of ether oxygens (including phenoxy) is 2. The lowest BCUT2D eigenvalue weighted by Crippen LogP contribution is -2.44. The van der Waals surface area contributed by atoms with Crippen LogP contribution in [0.4, 0.5) is 0 Å². The van der Waals surface area contributed by atoms with Crippen LogP contribution in [0, 0.1) is 0 Å². The number of benzene rings is 1. The molecule has 5 heteroatoms. The molecule has 0 bridgehead atoms. The highest BCUT2D eigenvalue weighted by molar-refractivity contribution is 7.98. The van der Waals surface area contributed by atoms with Crippen LogP contribution in [-0.2, 0) is 11.3 Å². The molecule has 0 amide bonds. The third kappa shape index (κ3) is 4.12. The van der Waals surface area contributed by atoms with Crippen LogP contribution in [0.2, 0.25) is 0 Å².